The monoisotopic (exact) mass is 439 g/mol. The summed E-state index contributed by atoms with van der Waals surface area (Å²) in [5, 5.41) is 21.4. The van der Waals surface area contributed by atoms with E-state index in [4.69, 9.17) is 9.97 Å². The summed E-state index contributed by atoms with van der Waals surface area (Å²) in [4.78, 5) is 10.7. The number of benzene rings is 3. The van der Waals surface area contributed by atoms with Crippen LogP contribution in [0.25, 0.3) is 16.9 Å². The number of hydrogen-bond acceptors (Lipinski definition) is 5. The summed E-state index contributed by atoms with van der Waals surface area (Å²) in [6.07, 6.45) is 2.31. The van der Waals surface area contributed by atoms with Crippen molar-refractivity contribution in [3.8, 4) is 22.9 Å². The number of phenolic OH excluding ortho intramolecular Hbond substituents is 1. The summed E-state index contributed by atoms with van der Waals surface area (Å²) in [6, 6.07) is 25.1. The number of rotatable bonds is 5. The molecule has 0 atom stereocenters. The molecule has 2 N–H and O–H groups in total. The Bertz CT molecular complexity index is 1380. The second-order valence-corrected chi connectivity index (χ2v) is 8.69. The van der Waals surface area contributed by atoms with E-state index in [-0.39, 0.29) is 11.6 Å². The quantitative estimate of drug-likeness (QED) is 0.359. The molecule has 0 fully saturated rings. The Morgan fingerprint density at radius 3 is 2.28 bits per heavy atom. The largest absolute Gasteiger partial charge is 0.508 e. The lowest BCUT2D eigenvalue weighted by Crippen LogP contribution is -1.95. The minimum Gasteiger partial charge on any atom is -0.508 e. The highest BCUT2D eigenvalue weighted by molar-refractivity contribution is 7.99. The predicted octanol–water partition coefficient (Wildman–Crippen LogP) is 5.86. The van der Waals surface area contributed by atoms with E-state index in [1.165, 1.54) is 17.3 Å². The number of aromatic hydroxyl groups is 2. The van der Waals surface area contributed by atoms with Crippen LogP contribution < -0.4 is 0 Å². The summed E-state index contributed by atoms with van der Waals surface area (Å²) >= 11 is 1.51. The molecule has 5 rings (SSSR count). The van der Waals surface area contributed by atoms with Gasteiger partial charge in [0.05, 0.1) is 5.69 Å². The fraction of sp³-hybridized carbons (Fsp3) is 0.0769. The van der Waals surface area contributed by atoms with Crippen LogP contribution in [0.4, 0.5) is 0 Å². The first kappa shape index (κ1) is 20.2. The maximum atomic E-state index is 11.0. The minimum atomic E-state index is 0.108. The van der Waals surface area contributed by atoms with Gasteiger partial charge in [0.1, 0.15) is 16.5 Å². The zero-order chi connectivity index (χ0) is 22.1. The molecule has 158 valence electrons. The lowest BCUT2D eigenvalue weighted by Gasteiger charge is -2.08. The van der Waals surface area contributed by atoms with Gasteiger partial charge in [-0.1, -0.05) is 59.8 Å². The summed E-state index contributed by atoms with van der Waals surface area (Å²) in [5.41, 5.74) is 5.01. The smallest absolute Gasteiger partial charge is 0.219 e. The Morgan fingerprint density at radius 1 is 0.844 bits per heavy atom. The molecular formula is C26H21N3O2S. The van der Waals surface area contributed by atoms with Crippen LogP contribution in [-0.2, 0) is 6.42 Å². The number of hydrogen-bond donors (Lipinski definition) is 2. The molecule has 0 aliphatic rings. The van der Waals surface area contributed by atoms with Gasteiger partial charge >= 0.3 is 0 Å². The number of phenols is 1. The van der Waals surface area contributed by atoms with Crippen molar-refractivity contribution in [3.05, 3.63) is 102 Å². The normalized spacial score (nSPS) is 11.2. The van der Waals surface area contributed by atoms with Crippen molar-refractivity contribution < 1.29 is 10.2 Å². The molecule has 0 aliphatic carbocycles. The fourth-order valence-electron chi connectivity index (χ4n) is 3.52. The molecule has 0 radical (unpaired) electrons. The van der Waals surface area contributed by atoms with Crippen LogP contribution in [0.3, 0.4) is 0 Å². The van der Waals surface area contributed by atoms with Gasteiger partial charge in [0.2, 0.25) is 5.88 Å². The van der Waals surface area contributed by atoms with E-state index >= 15 is 0 Å². The molecule has 2 aromatic heterocycles. The number of imidazole rings is 1. The molecule has 5 nitrogen and oxygen atoms in total. The third kappa shape index (κ3) is 4.05. The molecule has 0 saturated carbocycles. The molecular weight excluding hydrogens is 418 g/mol. The minimum absolute atomic E-state index is 0.108. The van der Waals surface area contributed by atoms with Gasteiger partial charge < -0.3 is 10.2 Å². The highest BCUT2D eigenvalue weighted by Crippen LogP contribution is 2.35. The molecule has 3 aromatic carbocycles. The molecule has 0 bridgehead atoms. The molecule has 0 amide bonds. The first-order valence-electron chi connectivity index (χ1n) is 10.3. The molecule has 2 heterocycles. The van der Waals surface area contributed by atoms with Crippen LogP contribution in [0.1, 0.15) is 16.8 Å². The molecule has 0 saturated heterocycles. The maximum absolute atomic E-state index is 11.0. The van der Waals surface area contributed by atoms with E-state index in [9.17, 15) is 10.2 Å². The van der Waals surface area contributed by atoms with Gasteiger partial charge in [-0.2, -0.15) is 0 Å². The summed E-state index contributed by atoms with van der Waals surface area (Å²) in [6.45, 7) is 2.05. The number of aromatic nitrogens is 3. The summed E-state index contributed by atoms with van der Waals surface area (Å²) < 4.78 is 1.70. The van der Waals surface area contributed by atoms with Crippen molar-refractivity contribution in [1.29, 1.82) is 0 Å². The van der Waals surface area contributed by atoms with Crippen LogP contribution >= 0.6 is 11.8 Å². The van der Waals surface area contributed by atoms with Crippen molar-refractivity contribution >= 4 is 17.4 Å². The van der Waals surface area contributed by atoms with Crippen molar-refractivity contribution in [2.24, 2.45) is 0 Å². The van der Waals surface area contributed by atoms with Crippen LogP contribution in [0.15, 0.2) is 95.0 Å². The second-order valence-electron chi connectivity index (χ2n) is 7.63. The van der Waals surface area contributed by atoms with E-state index in [1.807, 2.05) is 42.5 Å². The van der Waals surface area contributed by atoms with Gasteiger partial charge in [-0.05, 0) is 48.9 Å². The van der Waals surface area contributed by atoms with E-state index in [0.29, 0.717) is 28.5 Å². The van der Waals surface area contributed by atoms with E-state index in [2.05, 4.69) is 31.2 Å². The van der Waals surface area contributed by atoms with E-state index in [1.54, 1.807) is 22.7 Å². The van der Waals surface area contributed by atoms with Crippen LogP contribution in [-0.4, -0.2) is 24.6 Å². The third-order valence-electron chi connectivity index (χ3n) is 5.23. The molecule has 0 aliphatic heterocycles. The maximum Gasteiger partial charge on any atom is 0.219 e. The first-order chi connectivity index (χ1) is 15.6. The molecule has 32 heavy (non-hydrogen) atoms. The van der Waals surface area contributed by atoms with Crippen molar-refractivity contribution in [2.75, 3.05) is 0 Å². The summed E-state index contributed by atoms with van der Waals surface area (Å²) in [7, 11) is 0. The SMILES string of the molecule is Cc1ccc(Sc2nc(-c3ccc(O)cc3)cn3c(O)c(Cc4ccccc4)nc23)cc1. The highest BCUT2D eigenvalue weighted by atomic mass is 32.2. The fourth-order valence-corrected chi connectivity index (χ4v) is 4.39. The van der Waals surface area contributed by atoms with Gasteiger partial charge in [-0.15, -0.1) is 0 Å². The zero-order valence-electron chi connectivity index (χ0n) is 17.4. The third-order valence-corrected chi connectivity index (χ3v) is 6.21. The van der Waals surface area contributed by atoms with Gasteiger partial charge in [0.25, 0.3) is 0 Å². The van der Waals surface area contributed by atoms with Crippen molar-refractivity contribution in [1.82, 2.24) is 14.4 Å². The van der Waals surface area contributed by atoms with Gasteiger partial charge in [0.15, 0.2) is 5.65 Å². The lowest BCUT2D eigenvalue weighted by molar-refractivity contribution is 0.442. The second kappa shape index (κ2) is 8.40. The van der Waals surface area contributed by atoms with Crippen molar-refractivity contribution in [2.45, 2.75) is 23.3 Å². The Morgan fingerprint density at radius 2 is 1.56 bits per heavy atom. The number of nitrogens with zero attached hydrogens (tertiary/aromatic N) is 3. The average molecular weight is 440 g/mol. The summed E-state index contributed by atoms with van der Waals surface area (Å²) in [5.74, 6) is 0.303. The topological polar surface area (TPSA) is 70.7 Å². The van der Waals surface area contributed by atoms with Crippen molar-refractivity contribution in [3.63, 3.8) is 0 Å². The van der Waals surface area contributed by atoms with Crippen LogP contribution in [0.2, 0.25) is 0 Å². The Balaban J connectivity index is 1.64. The number of fused-ring (bicyclic) bond motifs is 1. The van der Waals surface area contributed by atoms with Crippen LogP contribution in [0, 0.1) is 6.92 Å². The lowest BCUT2D eigenvalue weighted by atomic mass is 10.1. The first-order valence-corrected chi connectivity index (χ1v) is 11.1. The Labute approximate surface area is 190 Å². The van der Waals surface area contributed by atoms with E-state index < -0.39 is 0 Å². The molecule has 5 aromatic rings. The predicted molar refractivity (Wildman–Crippen MR) is 126 cm³/mol. The Hall–Kier alpha value is -3.77. The van der Waals surface area contributed by atoms with Gasteiger partial charge in [-0.25, -0.2) is 9.97 Å². The van der Waals surface area contributed by atoms with Gasteiger partial charge in [-0.3, -0.25) is 4.40 Å². The highest BCUT2D eigenvalue weighted by Gasteiger charge is 2.18. The molecule has 6 heteroatoms. The zero-order valence-corrected chi connectivity index (χ0v) is 18.3. The standard InChI is InChI=1S/C26H21N3O2S/c1-17-7-13-21(14-8-17)32-25-24-27-22(15-18-5-3-2-4-6-18)26(31)29(24)16-23(28-25)19-9-11-20(30)12-10-19/h2-14,16,30-31H,15H2,1H3. The Kier molecular flexibility index (Phi) is 5.29. The van der Waals surface area contributed by atoms with Gasteiger partial charge in [0, 0.05) is 23.1 Å². The number of aryl methyl sites for hydroxylation is 1. The van der Waals surface area contributed by atoms with E-state index in [0.717, 1.165) is 16.0 Å². The van der Waals surface area contributed by atoms with Crippen LogP contribution in [0.5, 0.6) is 11.6 Å². The average Bonchev–Trinajstić information content (AvgIpc) is 3.12. The molecule has 0 spiro atoms. The molecule has 0 unspecified atom stereocenters.